The number of ether oxygens (including phenoxy) is 3. The van der Waals surface area contributed by atoms with Crippen LogP contribution in [0, 0.1) is 0 Å². The number of phenols is 1. The molecule has 17 nitrogen and oxygen atoms in total. The van der Waals surface area contributed by atoms with Gasteiger partial charge in [0.1, 0.15) is 41.9 Å². The molecule has 0 atom stereocenters. The summed E-state index contributed by atoms with van der Waals surface area (Å²) in [4.78, 5) is 84.1. The molecule has 2 aromatic carbocycles. The predicted molar refractivity (Wildman–Crippen MR) is 236 cm³/mol. The van der Waals surface area contributed by atoms with Gasteiger partial charge in [-0.1, -0.05) is 35.1 Å². The summed E-state index contributed by atoms with van der Waals surface area (Å²) in [6.07, 6.45) is 2.09. The highest BCUT2D eigenvalue weighted by Crippen LogP contribution is 2.42. The molecule has 4 amide bonds. The average Bonchev–Trinajstić information content (AvgIpc) is 3.28. The first-order valence-corrected chi connectivity index (χ1v) is 22.5. The van der Waals surface area contributed by atoms with Crippen LogP contribution in [0.25, 0.3) is 33.4 Å². The first kappa shape index (κ1) is 46.5. The molecule has 0 spiro atoms. The average molecular weight is 902 g/mol. The fourth-order valence-electron chi connectivity index (χ4n) is 6.71. The number of hydrogen-bond acceptors (Lipinski definition) is 14. The van der Waals surface area contributed by atoms with Crippen LogP contribution in [-0.4, -0.2) is 151 Å². The molecule has 332 valence electrons. The molecule has 6 rings (SSSR count). The zero-order chi connectivity index (χ0) is 44.6. The van der Waals surface area contributed by atoms with Crippen molar-refractivity contribution in [1.82, 2.24) is 25.0 Å². The van der Waals surface area contributed by atoms with Gasteiger partial charge >= 0.3 is 5.97 Å². The maximum absolute atomic E-state index is 14.1. The summed E-state index contributed by atoms with van der Waals surface area (Å²) in [5, 5.41) is 23.8. The summed E-state index contributed by atoms with van der Waals surface area (Å²) in [5.41, 5.74) is 2.41. The van der Waals surface area contributed by atoms with E-state index in [1.165, 1.54) is 40.0 Å². The standard InChI is InChI=1S/C44H47N5O12S2/c50-30-8-10-34-36(25-30)61-37-26-31(51)9-11-35(37)43(34)32-5-1-2-6-33(32)44(57)48-17-15-47(16-18-48)40(53)28-60-29-41(54)49(27-42(55)56)19-21-59-23-22-58-20-14-45-38(52)12-24-62-63-39-7-3-4-13-46-39/h1-11,13,25-26,50H,12,14-24,27-29H2,(H,45,52)(H,55,56). The van der Waals surface area contributed by atoms with E-state index in [0.717, 1.165) is 9.93 Å². The molecule has 0 unspecified atom stereocenters. The number of nitrogens with one attached hydrogen (secondary N) is 1. The van der Waals surface area contributed by atoms with Crippen molar-refractivity contribution in [2.75, 3.05) is 91.2 Å². The monoisotopic (exact) mass is 901 g/mol. The van der Waals surface area contributed by atoms with E-state index in [-0.39, 0.29) is 88.1 Å². The van der Waals surface area contributed by atoms with Gasteiger partial charge in [0.05, 0.1) is 26.4 Å². The Hall–Kier alpha value is -5.99. The molecule has 19 heteroatoms. The molecule has 1 aromatic heterocycles. The second-order valence-electron chi connectivity index (χ2n) is 14.1. The van der Waals surface area contributed by atoms with Gasteiger partial charge in [-0.3, -0.25) is 28.8 Å². The molecule has 1 aliphatic carbocycles. The van der Waals surface area contributed by atoms with Crippen molar-refractivity contribution >= 4 is 62.2 Å². The van der Waals surface area contributed by atoms with Crippen molar-refractivity contribution in [2.45, 2.75) is 11.4 Å². The second kappa shape index (κ2) is 23.5. The van der Waals surface area contributed by atoms with Crippen molar-refractivity contribution < 1.29 is 52.8 Å². The van der Waals surface area contributed by atoms with E-state index in [2.05, 4.69) is 10.3 Å². The van der Waals surface area contributed by atoms with Crippen molar-refractivity contribution in [1.29, 1.82) is 0 Å². The number of fused-ring (bicyclic) bond motifs is 2. The van der Waals surface area contributed by atoms with Crippen LogP contribution in [0.5, 0.6) is 5.75 Å². The summed E-state index contributed by atoms with van der Waals surface area (Å²) >= 11 is 0. The number of aliphatic carboxylic acids is 1. The van der Waals surface area contributed by atoms with Gasteiger partial charge < -0.3 is 48.9 Å². The van der Waals surface area contributed by atoms with Gasteiger partial charge in [0.2, 0.25) is 17.7 Å². The third kappa shape index (κ3) is 13.5. The van der Waals surface area contributed by atoms with E-state index >= 15 is 0 Å². The van der Waals surface area contributed by atoms with Crippen molar-refractivity contribution in [2.24, 2.45) is 0 Å². The summed E-state index contributed by atoms with van der Waals surface area (Å²) in [5.74, 6) is -1.63. The van der Waals surface area contributed by atoms with Crippen LogP contribution in [0.1, 0.15) is 16.8 Å². The second-order valence-corrected chi connectivity index (χ2v) is 16.6. The maximum Gasteiger partial charge on any atom is 0.323 e. The summed E-state index contributed by atoms with van der Waals surface area (Å²) in [7, 11) is 3.07. The molecule has 3 aliphatic rings. The third-order valence-electron chi connectivity index (χ3n) is 9.79. The Labute approximate surface area is 370 Å². The molecule has 1 saturated heterocycles. The Balaban J connectivity index is 0.890. The maximum atomic E-state index is 14.1. The fourth-order valence-corrected chi connectivity index (χ4v) is 8.58. The lowest BCUT2D eigenvalue weighted by molar-refractivity contribution is -0.149. The number of carbonyl (C=O) groups excluding carboxylic acids is 4. The number of aromatic hydroxyl groups is 1. The Bertz CT molecular complexity index is 2390. The van der Waals surface area contributed by atoms with Crippen molar-refractivity contribution in [3.05, 3.63) is 101 Å². The number of nitrogens with zero attached hydrogens (tertiary/aromatic N) is 4. The zero-order valence-corrected chi connectivity index (χ0v) is 35.9. The number of pyridine rings is 1. The van der Waals surface area contributed by atoms with E-state index in [0.29, 0.717) is 57.7 Å². The molecule has 3 heterocycles. The lowest BCUT2D eigenvalue weighted by Crippen LogP contribution is -2.51. The molecule has 2 aliphatic heterocycles. The molecule has 1 fully saturated rings. The summed E-state index contributed by atoms with van der Waals surface area (Å²) < 4.78 is 22.4. The van der Waals surface area contributed by atoms with Crippen LogP contribution in [0.4, 0.5) is 0 Å². The Kier molecular flexibility index (Phi) is 17.3. The van der Waals surface area contributed by atoms with Crippen LogP contribution >= 0.6 is 21.6 Å². The minimum absolute atomic E-state index is 0.0149. The number of carboxylic acids is 1. The van der Waals surface area contributed by atoms with E-state index < -0.39 is 31.6 Å². The number of carboxylic acid groups (broad SMARTS) is 1. The minimum atomic E-state index is -1.22. The molecule has 0 saturated carbocycles. The van der Waals surface area contributed by atoms with Crippen LogP contribution < -0.4 is 10.7 Å². The Morgan fingerprint density at radius 3 is 2.37 bits per heavy atom. The van der Waals surface area contributed by atoms with Crippen LogP contribution in [0.15, 0.2) is 99.3 Å². The number of piperazine rings is 1. The third-order valence-corrected chi connectivity index (χ3v) is 12.1. The van der Waals surface area contributed by atoms with Gasteiger partial charge in [-0.05, 0) is 58.8 Å². The smallest absolute Gasteiger partial charge is 0.323 e. The topological polar surface area (TPSA) is 218 Å². The molecular weight excluding hydrogens is 855 g/mol. The fraction of sp³-hybridized carbons (Fsp3) is 0.341. The van der Waals surface area contributed by atoms with E-state index in [1.54, 1.807) is 46.2 Å². The largest absolute Gasteiger partial charge is 0.508 e. The number of phenolic OH excluding ortho intramolecular Hbond substituents is 1. The van der Waals surface area contributed by atoms with E-state index in [4.69, 9.17) is 18.6 Å². The van der Waals surface area contributed by atoms with Gasteiger partial charge in [-0.2, -0.15) is 0 Å². The van der Waals surface area contributed by atoms with Gasteiger partial charge in [0.15, 0.2) is 5.43 Å². The Morgan fingerprint density at radius 2 is 1.59 bits per heavy atom. The zero-order valence-electron chi connectivity index (χ0n) is 34.3. The SMILES string of the molecule is O=C(O)CN(CCOCCOCCNC(=O)CCSSc1ccccn1)C(=O)COCC(=O)N1CCN(C(=O)c2ccccc2-c2c3ccc(=O)cc-3oc3cc(O)ccc23)CC1. The normalized spacial score (nSPS) is 12.7. The highest BCUT2D eigenvalue weighted by molar-refractivity contribution is 8.76. The van der Waals surface area contributed by atoms with Gasteiger partial charge in [0.25, 0.3) is 5.91 Å². The lowest BCUT2D eigenvalue weighted by atomic mass is 9.90. The van der Waals surface area contributed by atoms with Crippen LogP contribution in [0.3, 0.4) is 0 Å². The number of rotatable bonds is 22. The number of aromatic nitrogens is 1. The minimum Gasteiger partial charge on any atom is -0.508 e. The highest BCUT2D eigenvalue weighted by Gasteiger charge is 2.28. The number of carbonyl (C=O) groups is 5. The predicted octanol–water partition coefficient (Wildman–Crippen LogP) is 3.86. The summed E-state index contributed by atoms with van der Waals surface area (Å²) in [6, 6.07) is 21.9. The Morgan fingerprint density at radius 1 is 0.825 bits per heavy atom. The van der Waals surface area contributed by atoms with Crippen LogP contribution in [-0.2, 0) is 33.4 Å². The number of hydrogen-bond donors (Lipinski definition) is 3. The number of benzene rings is 3. The first-order valence-electron chi connectivity index (χ1n) is 20.1. The first-order chi connectivity index (χ1) is 30.6. The van der Waals surface area contributed by atoms with E-state index in [1.807, 2.05) is 30.3 Å². The molecule has 63 heavy (non-hydrogen) atoms. The van der Waals surface area contributed by atoms with Crippen molar-refractivity contribution in [3.63, 3.8) is 0 Å². The van der Waals surface area contributed by atoms with Gasteiger partial charge in [-0.15, -0.1) is 0 Å². The highest BCUT2D eigenvalue weighted by atomic mass is 33.1. The molecule has 0 radical (unpaired) electrons. The number of amides is 4. The molecule has 3 aromatic rings. The van der Waals surface area contributed by atoms with Gasteiger partial charge in [-0.25, -0.2) is 4.98 Å². The quantitative estimate of drug-likeness (QED) is 0.0511. The summed E-state index contributed by atoms with van der Waals surface area (Å²) in [6.45, 7) is 0.472. The van der Waals surface area contributed by atoms with Gasteiger partial charge in [0, 0.05) is 91.8 Å². The molecular formula is C44H47N5O12S2. The lowest BCUT2D eigenvalue weighted by Gasteiger charge is -2.35. The van der Waals surface area contributed by atoms with E-state index in [9.17, 15) is 39.0 Å². The molecule has 3 N–H and O–H groups in total. The van der Waals surface area contributed by atoms with Crippen LogP contribution in [0.2, 0.25) is 0 Å². The molecule has 0 bridgehead atoms. The van der Waals surface area contributed by atoms with Crippen molar-refractivity contribution in [3.8, 4) is 28.2 Å².